The van der Waals surface area contributed by atoms with Crippen molar-refractivity contribution in [3.63, 3.8) is 0 Å². The van der Waals surface area contributed by atoms with Crippen LogP contribution in [0.25, 0.3) is 11.4 Å². The van der Waals surface area contributed by atoms with Crippen LogP contribution in [-0.2, 0) is 6.54 Å². The zero-order valence-corrected chi connectivity index (χ0v) is 16.4. The van der Waals surface area contributed by atoms with Gasteiger partial charge in [-0.1, -0.05) is 35.0 Å². The second kappa shape index (κ2) is 8.56. The molecule has 0 saturated heterocycles. The molecule has 0 aliphatic rings. The van der Waals surface area contributed by atoms with E-state index in [4.69, 9.17) is 14.0 Å². The summed E-state index contributed by atoms with van der Waals surface area (Å²) in [6, 6.07) is 13.0. The number of nitrogens with zero attached hydrogens (tertiary/aromatic N) is 3. The minimum absolute atomic E-state index is 0.183. The van der Waals surface area contributed by atoms with Gasteiger partial charge >= 0.3 is 0 Å². The quantitative estimate of drug-likeness (QED) is 0.621. The van der Waals surface area contributed by atoms with Crippen molar-refractivity contribution in [3.8, 4) is 22.9 Å². The molecule has 146 valence electrons. The van der Waals surface area contributed by atoms with Crippen LogP contribution >= 0.6 is 0 Å². The van der Waals surface area contributed by atoms with Crippen LogP contribution in [0.4, 0.5) is 0 Å². The minimum atomic E-state index is -0.183. The van der Waals surface area contributed by atoms with Crippen LogP contribution in [0.3, 0.4) is 0 Å². The van der Waals surface area contributed by atoms with Crippen LogP contribution in [0, 0.1) is 6.92 Å². The van der Waals surface area contributed by atoms with Gasteiger partial charge in [0.15, 0.2) is 0 Å². The minimum Gasteiger partial charge on any atom is -0.497 e. The van der Waals surface area contributed by atoms with E-state index >= 15 is 0 Å². The Labute approximate surface area is 163 Å². The molecule has 7 heteroatoms. The summed E-state index contributed by atoms with van der Waals surface area (Å²) in [6.07, 6.45) is 0. The van der Waals surface area contributed by atoms with Crippen LogP contribution in [-0.4, -0.2) is 41.7 Å². The lowest BCUT2D eigenvalue weighted by molar-refractivity contribution is 0.0731. The first-order valence-corrected chi connectivity index (χ1v) is 8.96. The van der Waals surface area contributed by atoms with Gasteiger partial charge in [0, 0.05) is 18.2 Å². The van der Waals surface area contributed by atoms with E-state index < -0.39 is 0 Å². The third kappa shape index (κ3) is 4.14. The number of hydrogen-bond acceptors (Lipinski definition) is 6. The Morgan fingerprint density at radius 1 is 1.11 bits per heavy atom. The molecule has 0 radical (unpaired) electrons. The number of hydrogen-bond donors (Lipinski definition) is 0. The Balaban J connectivity index is 1.79. The number of aryl methyl sites for hydroxylation is 1. The molecule has 3 rings (SSSR count). The average molecular weight is 381 g/mol. The molecule has 3 aromatic rings. The summed E-state index contributed by atoms with van der Waals surface area (Å²) in [4.78, 5) is 19.0. The molecule has 0 N–H and O–H groups in total. The lowest BCUT2D eigenvalue weighted by Crippen LogP contribution is -2.30. The third-order valence-electron chi connectivity index (χ3n) is 4.41. The van der Waals surface area contributed by atoms with E-state index in [0.29, 0.717) is 35.3 Å². The molecule has 1 amide bonds. The molecule has 0 bridgehead atoms. The fourth-order valence-electron chi connectivity index (χ4n) is 2.78. The summed E-state index contributed by atoms with van der Waals surface area (Å²) in [7, 11) is 3.09. The van der Waals surface area contributed by atoms with Crippen molar-refractivity contribution in [1.29, 1.82) is 0 Å². The first-order valence-electron chi connectivity index (χ1n) is 8.96. The van der Waals surface area contributed by atoms with Crippen molar-refractivity contribution in [2.75, 3.05) is 20.8 Å². The molecule has 0 aliphatic heterocycles. The van der Waals surface area contributed by atoms with Crippen molar-refractivity contribution in [2.24, 2.45) is 0 Å². The number of methoxy groups -OCH3 is 2. The van der Waals surface area contributed by atoms with E-state index in [1.807, 2.05) is 38.1 Å². The molecule has 0 saturated carbocycles. The van der Waals surface area contributed by atoms with Crippen molar-refractivity contribution < 1.29 is 18.8 Å². The van der Waals surface area contributed by atoms with Gasteiger partial charge in [0.05, 0.1) is 19.8 Å². The van der Waals surface area contributed by atoms with Crippen LogP contribution in [0.2, 0.25) is 0 Å². The number of carbonyl (C=O) groups is 1. The number of aromatic nitrogens is 2. The highest BCUT2D eigenvalue weighted by molar-refractivity contribution is 5.97. The number of rotatable bonds is 7. The van der Waals surface area contributed by atoms with Gasteiger partial charge in [-0.3, -0.25) is 4.79 Å². The molecule has 0 aliphatic carbocycles. The molecule has 0 atom stereocenters. The summed E-state index contributed by atoms with van der Waals surface area (Å²) in [5.74, 6) is 1.76. The van der Waals surface area contributed by atoms with E-state index in [9.17, 15) is 4.79 Å². The zero-order valence-electron chi connectivity index (χ0n) is 16.4. The van der Waals surface area contributed by atoms with E-state index in [-0.39, 0.29) is 12.5 Å². The fourth-order valence-corrected chi connectivity index (χ4v) is 2.78. The second-order valence-electron chi connectivity index (χ2n) is 6.26. The number of amides is 1. The highest BCUT2D eigenvalue weighted by Gasteiger charge is 2.21. The van der Waals surface area contributed by atoms with Crippen molar-refractivity contribution in [1.82, 2.24) is 15.0 Å². The lowest BCUT2D eigenvalue weighted by atomic mass is 10.1. The van der Waals surface area contributed by atoms with Gasteiger partial charge < -0.3 is 18.9 Å². The maximum absolute atomic E-state index is 13.0. The topological polar surface area (TPSA) is 77.7 Å². The molecular formula is C21H23N3O4. The summed E-state index contributed by atoms with van der Waals surface area (Å²) >= 11 is 0. The predicted molar refractivity (Wildman–Crippen MR) is 104 cm³/mol. The van der Waals surface area contributed by atoms with Crippen LogP contribution in [0.5, 0.6) is 11.5 Å². The average Bonchev–Trinajstić information content (AvgIpc) is 3.20. The molecule has 2 aromatic carbocycles. The Morgan fingerprint density at radius 2 is 1.86 bits per heavy atom. The van der Waals surface area contributed by atoms with E-state index in [1.54, 1.807) is 30.2 Å². The first kappa shape index (κ1) is 19.4. The Morgan fingerprint density at radius 3 is 2.50 bits per heavy atom. The monoisotopic (exact) mass is 381 g/mol. The van der Waals surface area contributed by atoms with Gasteiger partial charge in [-0.25, -0.2) is 0 Å². The molecule has 28 heavy (non-hydrogen) atoms. The predicted octanol–water partition coefficient (Wildman–Crippen LogP) is 3.72. The number of benzene rings is 2. The standard InChI is InChI=1S/C21H23N3O4/c1-5-24(21(25)17-11-10-16(26-3)12-18(17)27-4)13-19-22-20(23-28-19)15-8-6-14(2)7-9-15/h6-12H,5,13H2,1-4H3. The molecule has 0 spiro atoms. The second-order valence-corrected chi connectivity index (χ2v) is 6.26. The van der Waals surface area contributed by atoms with Crippen LogP contribution in [0.15, 0.2) is 47.0 Å². The van der Waals surface area contributed by atoms with Gasteiger partial charge in [0.25, 0.3) is 5.91 Å². The number of carbonyl (C=O) groups excluding carboxylic acids is 1. The lowest BCUT2D eigenvalue weighted by Gasteiger charge is -2.20. The SMILES string of the molecule is CCN(Cc1nc(-c2ccc(C)cc2)no1)C(=O)c1ccc(OC)cc1OC. The van der Waals surface area contributed by atoms with Gasteiger partial charge in [-0.15, -0.1) is 0 Å². The maximum atomic E-state index is 13.0. The molecule has 7 nitrogen and oxygen atoms in total. The molecule has 0 fully saturated rings. The van der Waals surface area contributed by atoms with E-state index in [2.05, 4.69) is 10.1 Å². The zero-order chi connectivity index (χ0) is 20.1. The largest absolute Gasteiger partial charge is 0.497 e. The summed E-state index contributed by atoms with van der Waals surface area (Å²) < 4.78 is 15.9. The van der Waals surface area contributed by atoms with Gasteiger partial charge in [-0.05, 0) is 26.0 Å². The molecule has 0 unspecified atom stereocenters. The first-order chi connectivity index (χ1) is 13.5. The molecular weight excluding hydrogens is 358 g/mol. The molecule has 1 aromatic heterocycles. The van der Waals surface area contributed by atoms with Crippen LogP contribution in [0.1, 0.15) is 28.7 Å². The van der Waals surface area contributed by atoms with Gasteiger partial charge in [-0.2, -0.15) is 4.98 Å². The summed E-state index contributed by atoms with van der Waals surface area (Å²) in [5, 5.41) is 4.03. The van der Waals surface area contributed by atoms with Crippen LogP contribution < -0.4 is 9.47 Å². The maximum Gasteiger partial charge on any atom is 0.258 e. The summed E-state index contributed by atoms with van der Waals surface area (Å²) in [5.41, 5.74) is 2.47. The summed E-state index contributed by atoms with van der Waals surface area (Å²) in [6.45, 7) is 4.61. The van der Waals surface area contributed by atoms with Gasteiger partial charge in [0.1, 0.15) is 18.0 Å². The van der Waals surface area contributed by atoms with Crippen molar-refractivity contribution in [2.45, 2.75) is 20.4 Å². The smallest absolute Gasteiger partial charge is 0.258 e. The third-order valence-corrected chi connectivity index (χ3v) is 4.41. The highest BCUT2D eigenvalue weighted by Crippen LogP contribution is 2.26. The highest BCUT2D eigenvalue weighted by atomic mass is 16.5. The van der Waals surface area contributed by atoms with Crippen molar-refractivity contribution >= 4 is 5.91 Å². The Hall–Kier alpha value is -3.35. The Bertz CT molecular complexity index is 951. The normalized spacial score (nSPS) is 10.6. The fraction of sp³-hybridized carbons (Fsp3) is 0.286. The van der Waals surface area contributed by atoms with E-state index in [0.717, 1.165) is 11.1 Å². The number of ether oxygens (including phenoxy) is 2. The van der Waals surface area contributed by atoms with Gasteiger partial charge in [0.2, 0.25) is 11.7 Å². The van der Waals surface area contributed by atoms with Crippen molar-refractivity contribution in [3.05, 3.63) is 59.5 Å². The molecule has 1 heterocycles. The van der Waals surface area contributed by atoms with E-state index in [1.165, 1.54) is 7.11 Å². The Kier molecular flexibility index (Phi) is 5.93.